The number of ether oxygens (including phenoxy) is 1. The van der Waals surface area contributed by atoms with Crippen molar-refractivity contribution >= 4 is 22.6 Å². The van der Waals surface area contributed by atoms with Crippen molar-refractivity contribution in [3.8, 4) is 5.75 Å². The van der Waals surface area contributed by atoms with Gasteiger partial charge in [0.15, 0.2) is 5.78 Å². The Morgan fingerprint density at radius 2 is 1.94 bits per heavy atom. The number of methoxy groups -OCH3 is 1. The molecule has 0 heterocycles. The van der Waals surface area contributed by atoms with Crippen molar-refractivity contribution in [2.24, 2.45) is 0 Å². The molecule has 2 rings (SSSR count). The molecule has 17 heavy (non-hydrogen) atoms. The number of rotatable bonds is 3. The molecule has 2 aromatic rings. The summed E-state index contributed by atoms with van der Waals surface area (Å²) >= 11 is 0. The average molecular weight is 226 g/mol. The lowest BCUT2D eigenvalue weighted by Gasteiger charge is -2.08. The first-order valence-corrected chi connectivity index (χ1v) is 5.47. The highest BCUT2D eigenvalue weighted by molar-refractivity contribution is 5.98. The van der Waals surface area contributed by atoms with Crippen molar-refractivity contribution < 1.29 is 9.53 Å². The van der Waals surface area contributed by atoms with Gasteiger partial charge in [-0.2, -0.15) is 0 Å². The van der Waals surface area contributed by atoms with Gasteiger partial charge < -0.3 is 4.74 Å². The van der Waals surface area contributed by atoms with Crippen LogP contribution in [0.1, 0.15) is 12.5 Å². The standard InChI is InChI=1S/C15H14O2/c1-11(16)7-9-14-13-6-4-3-5-12(13)8-10-15(14)17-2/h3-10H,1-2H3. The molecule has 0 N–H and O–H groups in total. The molecule has 0 radical (unpaired) electrons. The van der Waals surface area contributed by atoms with E-state index in [9.17, 15) is 4.79 Å². The average Bonchev–Trinajstić information content (AvgIpc) is 2.35. The maximum absolute atomic E-state index is 11.0. The number of ketones is 1. The predicted octanol–water partition coefficient (Wildman–Crippen LogP) is 3.45. The van der Waals surface area contributed by atoms with Crippen LogP contribution in [-0.4, -0.2) is 12.9 Å². The molecule has 0 bridgehead atoms. The molecule has 0 saturated carbocycles. The van der Waals surface area contributed by atoms with Gasteiger partial charge in [-0.25, -0.2) is 0 Å². The van der Waals surface area contributed by atoms with Gasteiger partial charge in [0.25, 0.3) is 0 Å². The third-order valence-electron chi connectivity index (χ3n) is 2.64. The van der Waals surface area contributed by atoms with Crippen molar-refractivity contribution in [3.63, 3.8) is 0 Å². The minimum Gasteiger partial charge on any atom is -0.496 e. The number of benzene rings is 2. The first-order valence-electron chi connectivity index (χ1n) is 5.47. The second kappa shape index (κ2) is 4.83. The van der Waals surface area contributed by atoms with Crippen LogP contribution in [0.5, 0.6) is 5.75 Å². The fraction of sp³-hybridized carbons (Fsp3) is 0.133. The van der Waals surface area contributed by atoms with Gasteiger partial charge in [0, 0.05) is 5.56 Å². The molecule has 0 spiro atoms. The Labute approximate surface area is 101 Å². The van der Waals surface area contributed by atoms with Gasteiger partial charge in [-0.3, -0.25) is 4.79 Å². The lowest BCUT2D eigenvalue weighted by Crippen LogP contribution is -1.89. The van der Waals surface area contributed by atoms with Gasteiger partial charge in [-0.1, -0.05) is 30.3 Å². The van der Waals surface area contributed by atoms with Crippen LogP contribution in [0.4, 0.5) is 0 Å². The van der Waals surface area contributed by atoms with E-state index in [1.165, 1.54) is 6.92 Å². The summed E-state index contributed by atoms with van der Waals surface area (Å²) in [5.74, 6) is 0.807. The van der Waals surface area contributed by atoms with Gasteiger partial charge in [0.05, 0.1) is 7.11 Å². The SMILES string of the molecule is COc1ccc2ccccc2c1C=CC(C)=O. The third kappa shape index (κ3) is 2.36. The van der Waals surface area contributed by atoms with E-state index in [0.29, 0.717) is 0 Å². The third-order valence-corrected chi connectivity index (χ3v) is 2.64. The van der Waals surface area contributed by atoms with E-state index in [2.05, 4.69) is 0 Å². The van der Waals surface area contributed by atoms with E-state index in [0.717, 1.165) is 22.1 Å². The van der Waals surface area contributed by atoms with E-state index >= 15 is 0 Å². The Balaban J connectivity index is 2.67. The molecule has 2 aromatic carbocycles. The van der Waals surface area contributed by atoms with Gasteiger partial charge in [-0.05, 0) is 35.9 Å². The number of carbonyl (C=O) groups is 1. The first-order chi connectivity index (χ1) is 8.22. The zero-order valence-electron chi connectivity index (χ0n) is 9.94. The van der Waals surface area contributed by atoms with Crippen LogP contribution in [-0.2, 0) is 4.79 Å². The maximum Gasteiger partial charge on any atom is 0.152 e. The van der Waals surface area contributed by atoms with Crippen molar-refractivity contribution in [2.45, 2.75) is 6.92 Å². The zero-order valence-corrected chi connectivity index (χ0v) is 9.94. The minimum absolute atomic E-state index is 0.0278. The van der Waals surface area contributed by atoms with Gasteiger partial charge in [-0.15, -0.1) is 0 Å². The molecule has 86 valence electrons. The molecular formula is C15H14O2. The lowest BCUT2D eigenvalue weighted by molar-refractivity contribution is -0.112. The molecule has 0 unspecified atom stereocenters. The van der Waals surface area contributed by atoms with Crippen molar-refractivity contribution in [1.82, 2.24) is 0 Å². The van der Waals surface area contributed by atoms with Crippen molar-refractivity contribution in [2.75, 3.05) is 7.11 Å². The molecule has 0 atom stereocenters. The van der Waals surface area contributed by atoms with Gasteiger partial charge in [0.1, 0.15) is 5.75 Å². The smallest absolute Gasteiger partial charge is 0.152 e. The maximum atomic E-state index is 11.0. The summed E-state index contributed by atoms with van der Waals surface area (Å²) in [4.78, 5) is 11.0. The van der Waals surface area contributed by atoms with E-state index in [-0.39, 0.29) is 5.78 Å². The van der Waals surface area contributed by atoms with Crippen LogP contribution in [0.3, 0.4) is 0 Å². The van der Waals surface area contributed by atoms with Crippen LogP contribution in [0.25, 0.3) is 16.8 Å². The Kier molecular flexibility index (Phi) is 3.24. The molecular weight excluding hydrogens is 212 g/mol. The number of hydrogen-bond donors (Lipinski definition) is 0. The number of hydrogen-bond acceptors (Lipinski definition) is 2. The Bertz CT molecular complexity index is 582. The minimum atomic E-state index is 0.0278. The largest absolute Gasteiger partial charge is 0.496 e. The fourth-order valence-corrected chi connectivity index (χ4v) is 1.83. The number of carbonyl (C=O) groups excluding carboxylic acids is 1. The topological polar surface area (TPSA) is 26.3 Å². The van der Waals surface area contributed by atoms with E-state index < -0.39 is 0 Å². The summed E-state index contributed by atoms with van der Waals surface area (Å²) < 4.78 is 5.32. The van der Waals surface area contributed by atoms with E-state index in [4.69, 9.17) is 4.74 Å². The van der Waals surface area contributed by atoms with Gasteiger partial charge in [0.2, 0.25) is 0 Å². The molecule has 2 heteroatoms. The predicted molar refractivity (Wildman–Crippen MR) is 70.2 cm³/mol. The molecule has 0 amide bonds. The molecule has 0 aliphatic rings. The Hall–Kier alpha value is -2.09. The second-order valence-corrected chi connectivity index (χ2v) is 3.85. The summed E-state index contributed by atoms with van der Waals surface area (Å²) in [5.41, 5.74) is 0.945. The zero-order chi connectivity index (χ0) is 12.3. The normalized spacial score (nSPS) is 10.9. The second-order valence-electron chi connectivity index (χ2n) is 3.85. The lowest BCUT2D eigenvalue weighted by atomic mass is 10.0. The van der Waals surface area contributed by atoms with Gasteiger partial charge >= 0.3 is 0 Å². The number of allylic oxidation sites excluding steroid dienone is 1. The van der Waals surface area contributed by atoms with E-state index in [1.54, 1.807) is 13.2 Å². The Morgan fingerprint density at radius 3 is 2.65 bits per heavy atom. The van der Waals surface area contributed by atoms with Crippen molar-refractivity contribution in [3.05, 3.63) is 48.0 Å². The quantitative estimate of drug-likeness (QED) is 0.749. The summed E-state index contributed by atoms with van der Waals surface area (Å²) in [5, 5.41) is 2.22. The Morgan fingerprint density at radius 1 is 1.18 bits per heavy atom. The molecule has 2 nitrogen and oxygen atoms in total. The van der Waals surface area contributed by atoms with Crippen LogP contribution in [0.15, 0.2) is 42.5 Å². The highest BCUT2D eigenvalue weighted by Crippen LogP contribution is 2.28. The monoisotopic (exact) mass is 226 g/mol. The van der Waals surface area contributed by atoms with Crippen molar-refractivity contribution in [1.29, 1.82) is 0 Å². The summed E-state index contributed by atoms with van der Waals surface area (Å²) in [6.45, 7) is 1.54. The van der Waals surface area contributed by atoms with Crippen LogP contribution < -0.4 is 4.74 Å². The highest BCUT2D eigenvalue weighted by Gasteiger charge is 2.04. The summed E-state index contributed by atoms with van der Waals surface area (Å²) in [7, 11) is 1.63. The van der Waals surface area contributed by atoms with E-state index in [1.807, 2.05) is 42.5 Å². The molecule has 0 aliphatic carbocycles. The number of fused-ring (bicyclic) bond motifs is 1. The fourth-order valence-electron chi connectivity index (χ4n) is 1.83. The molecule has 0 aliphatic heterocycles. The first kappa shape index (κ1) is 11.4. The molecule has 0 aromatic heterocycles. The van der Waals surface area contributed by atoms with Crippen LogP contribution in [0.2, 0.25) is 0 Å². The highest BCUT2D eigenvalue weighted by atomic mass is 16.5. The van der Waals surface area contributed by atoms with Crippen LogP contribution in [0, 0.1) is 0 Å². The summed E-state index contributed by atoms with van der Waals surface area (Å²) in [6, 6.07) is 12.0. The molecule has 0 saturated heterocycles. The summed E-state index contributed by atoms with van der Waals surface area (Å²) in [6.07, 6.45) is 3.37. The molecule has 0 fully saturated rings. The van der Waals surface area contributed by atoms with Crippen LogP contribution >= 0.6 is 0 Å².